The van der Waals surface area contributed by atoms with E-state index < -0.39 is 10.0 Å². The summed E-state index contributed by atoms with van der Waals surface area (Å²) in [6.45, 7) is 0.693. The maximum absolute atomic E-state index is 12.8. The lowest BCUT2D eigenvalue weighted by atomic mass is 9.97. The lowest BCUT2D eigenvalue weighted by Gasteiger charge is -2.30. The number of hydrogen-bond donors (Lipinski definition) is 1. The molecule has 0 saturated carbocycles. The number of benzene rings is 1. The summed E-state index contributed by atoms with van der Waals surface area (Å²) in [5.74, 6) is -0.312. The molecule has 1 aliphatic heterocycles. The third-order valence-electron chi connectivity index (χ3n) is 4.83. The Labute approximate surface area is 167 Å². The van der Waals surface area contributed by atoms with Gasteiger partial charge in [-0.2, -0.15) is 9.40 Å². The van der Waals surface area contributed by atoms with E-state index in [1.54, 1.807) is 28.4 Å². The predicted octanol–water partition coefficient (Wildman–Crippen LogP) is 2.97. The van der Waals surface area contributed by atoms with Crippen LogP contribution in [0.25, 0.3) is 5.69 Å². The van der Waals surface area contributed by atoms with E-state index in [0.717, 1.165) is 5.69 Å². The molecule has 9 heteroatoms. The van der Waals surface area contributed by atoms with Crippen molar-refractivity contribution in [3.8, 4) is 5.69 Å². The first-order valence-electron chi connectivity index (χ1n) is 8.99. The van der Waals surface area contributed by atoms with Gasteiger partial charge < -0.3 is 5.32 Å². The standard InChI is InChI=1S/C19H20N4O3S2/c24-19(21-16-5-1-2-6-17(16)23-11-4-10-20-23)15-8-12-22(13-9-15)28(25,26)18-7-3-14-27-18/h1-7,10-11,14-15H,8-9,12-13H2,(H,21,24). The third-order valence-corrected chi connectivity index (χ3v) is 8.10. The number of sulfonamides is 1. The van der Waals surface area contributed by atoms with E-state index in [-0.39, 0.29) is 11.8 Å². The van der Waals surface area contributed by atoms with Crippen molar-refractivity contribution in [2.75, 3.05) is 18.4 Å². The smallest absolute Gasteiger partial charge is 0.252 e. The molecule has 2 aromatic heterocycles. The first-order chi connectivity index (χ1) is 13.6. The Hall–Kier alpha value is -2.49. The second-order valence-electron chi connectivity index (χ2n) is 6.57. The highest BCUT2D eigenvalue weighted by molar-refractivity contribution is 7.91. The van der Waals surface area contributed by atoms with Crippen LogP contribution in [0.4, 0.5) is 5.69 Å². The average Bonchev–Trinajstić information content (AvgIpc) is 3.43. The van der Waals surface area contributed by atoms with Gasteiger partial charge in [-0.1, -0.05) is 18.2 Å². The summed E-state index contributed by atoms with van der Waals surface area (Å²) in [6, 6.07) is 12.6. The molecule has 7 nitrogen and oxygen atoms in total. The maximum atomic E-state index is 12.8. The van der Waals surface area contributed by atoms with E-state index in [1.807, 2.05) is 36.5 Å². The van der Waals surface area contributed by atoms with Crippen molar-refractivity contribution < 1.29 is 13.2 Å². The van der Waals surface area contributed by atoms with E-state index in [9.17, 15) is 13.2 Å². The molecule has 3 aromatic rings. The van der Waals surface area contributed by atoms with Crippen molar-refractivity contribution in [1.29, 1.82) is 0 Å². The zero-order valence-electron chi connectivity index (χ0n) is 15.1. The molecule has 3 heterocycles. The van der Waals surface area contributed by atoms with Gasteiger partial charge in [-0.25, -0.2) is 13.1 Å². The molecule has 0 aliphatic carbocycles. The fourth-order valence-electron chi connectivity index (χ4n) is 3.32. The van der Waals surface area contributed by atoms with Gasteiger partial charge in [0.1, 0.15) is 4.21 Å². The summed E-state index contributed by atoms with van der Waals surface area (Å²) in [7, 11) is -3.45. The number of piperidine rings is 1. The van der Waals surface area contributed by atoms with Crippen LogP contribution in [0.15, 0.2) is 64.4 Å². The molecule has 1 amide bonds. The average molecular weight is 417 g/mol. The molecule has 0 spiro atoms. The number of anilines is 1. The Morgan fingerprint density at radius 3 is 2.57 bits per heavy atom. The van der Waals surface area contributed by atoms with E-state index in [4.69, 9.17) is 0 Å². The molecule has 28 heavy (non-hydrogen) atoms. The summed E-state index contributed by atoms with van der Waals surface area (Å²) in [5.41, 5.74) is 1.48. The number of carbonyl (C=O) groups is 1. The van der Waals surface area contributed by atoms with Crippen molar-refractivity contribution in [2.45, 2.75) is 17.1 Å². The molecule has 146 valence electrons. The van der Waals surface area contributed by atoms with Crippen LogP contribution in [0.3, 0.4) is 0 Å². The lowest BCUT2D eigenvalue weighted by Crippen LogP contribution is -2.41. The molecular weight excluding hydrogens is 396 g/mol. The molecule has 0 atom stereocenters. The summed E-state index contributed by atoms with van der Waals surface area (Å²) >= 11 is 1.22. The number of thiophene rings is 1. The van der Waals surface area contributed by atoms with Crippen LogP contribution in [-0.4, -0.2) is 41.5 Å². The Morgan fingerprint density at radius 1 is 1.11 bits per heavy atom. The van der Waals surface area contributed by atoms with E-state index in [2.05, 4.69) is 10.4 Å². The summed E-state index contributed by atoms with van der Waals surface area (Å²) < 4.78 is 28.8. The second kappa shape index (κ2) is 7.86. The van der Waals surface area contributed by atoms with Gasteiger partial charge in [-0.3, -0.25) is 4.79 Å². The normalized spacial score (nSPS) is 16.1. The van der Waals surface area contributed by atoms with Crippen molar-refractivity contribution in [2.24, 2.45) is 5.92 Å². The van der Waals surface area contributed by atoms with Crippen molar-refractivity contribution in [3.63, 3.8) is 0 Å². The predicted molar refractivity (Wildman–Crippen MR) is 108 cm³/mol. The number of para-hydroxylation sites is 2. The van der Waals surface area contributed by atoms with Crippen molar-refractivity contribution >= 4 is 33.0 Å². The monoisotopic (exact) mass is 416 g/mol. The van der Waals surface area contributed by atoms with Gasteiger partial charge in [0.15, 0.2) is 0 Å². The van der Waals surface area contributed by atoms with Crippen LogP contribution in [0.2, 0.25) is 0 Å². The minimum atomic E-state index is -3.45. The van der Waals surface area contributed by atoms with Gasteiger partial charge in [0.25, 0.3) is 10.0 Å². The number of carbonyl (C=O) groups excluding carboxylic acids is 1. The van der Waals surface area contributed by atoms with Crippen LogP contribution >= 0.6 is 11.3 Å². The first kappa shape index (κ1) is 18.9. The largest absolute Gasteiger partial charge is 0.324 e. The Morgan fingerprint density at radius 2 is 1.89 bits per heavy atom. The van der Waals surface area contributed by atoms with Crippen LogP contribution in [-0.2, 0) is 14.8 Å². The fraction of sp³-hybridized carbons (Fsp3) is 0.263. The zero-order valence-corrected chi connectivity index (χ0v) is 16.7. The Balaban J connectivity index is 1.42. The fourth-order valence-corrected chi connectivity index (χ4v) is 5.94. The van der Waals surface area contributed by atoms with Crippen LogP contribution in [0, 0.1) is 5.92 Å². The maximum Gasteiger partial charge on any atom is 0.252 e. The molecule has 1 fully saturated rings. The van der Waals surface area contributed by atoms with Gasteiger partial charge in [0.05, 0.1) is 11.4 Å². The number of aromatic nitrogens is 2. The summed E-state index contributed by atoms with van der Waals surface area (Å²) in [6.07, 6.45) is 4.50. The number of nitrogens with one attached hydrogen (secondary N) is 1. The van der Waals surface area contributed by atoms with Gasteiger partial charge in [0.2, 0.25) is 5.91 Å². The van der Waals surface area contributed by atoms with Gasteiger partial charge in [-0.15, -0.1) is 11.3 Å². The van der Waals surface area contributed by atoms with Gasteiger partial charge in [-0.05, 0) is 42.5 Å². The molecule has 1 aliphatic rings. The van der Waals surface area contributed by atoms with Crippen molar-refractivity contribution in [3.05, 3.63) is 60.2 Å². The number of amides is 1. The minimum Gasteiger partial charge on any atom is -0.324 e. The summed E-state index contributed by atoms with van der Waals surface area (Å²) in [5, 5.41) is 8.96. The quantitative estimate of drug-likeness (QED) is 0.693. The molecule has 1 saturated heterocycles. The molecule has 0 bridgehead atoms. The highest BCUT2D eigenvalue weighted by Crippen LogP contribution is 2.27. The number of nitrogens with zero attached hydrogens (tertiary/aromatic N) is 3. The van der Waals surface area contributed by atoms with Crippen molar-refractivity contribution in [1.82, 2.24) is 14.1 Å². The van der Waals surface area contributed by atoms with Crippen LogP contribution < -0.4 is 5.32 Å². The SMILES string of the molecule is O=C(Nc1ccccc1-n1cccn1)C1CCN(S(=O)(=O)c2cccs2)CC1. The third kappa shape index (κ3) is 3.73. The minimum absolute atomic E-state index is 0.0900. The number of hydrogen-bond acceptors (Lipinski definition) is 5. The number of rotatable bonds is 5. The molecule has 0 unspecified atom stereocenters. The van der Waals surface area contributed by atoms with E-state index in [1.165, 1.54) is 15.6 Å². The Kier molecular flexibility index (Phi) is 5.29. The second-order valence-corrected chi connectivity index (χ2v) is 9.68. The molecule has 4 rings (SSSR count). The Bertz CT molecular complexity index is 1040. The molecule has 1 aromatic carbocycles. The highest BCUT2D eigenvalue weighted by atomic mass is 32.2. The van der Waals surface area contributed by atoms with E-state index >= 15 is 0 Å². The van der Waals surface area contributed by atoms with Crippen LogP contribution in [0.1, 0.15) is 12.8 Å². The zero-order chi connectivity index (χ0) is 19.6. The van der Waals surface area contributed by atoms with E-state index in [0.29, 0.717) is 35.8 Å². The summed E-state index contributed by atoms with van der Waals surface area (Å²) in [4.78, 5) is 12.8. The van der Waals surface area contributed by atoms with Crippen LogP contribution in [0.5, 0.6) is 0 Å². The molecule has 0 radical (unpaired) electrons. The molecule has 1 N–H and O–H groups in total. The van der Waals surface area contributed by atoms with Gasteiger partial charge in [0, 0.05) is 31.4 Å². The molecular formula is C19H20N4O3S2. The first-order valence-corrected chi connectivity index (χ1v) is 11.3. The topological polar surface area (TPSA) is 84.3 Å². The lowest BCUT2D eigenvalue weighted by molar-refractivity contribution is -0.120. The van der Waals surface area contributed by atoms with Gasteiger partial charge >= 0.3 is 0 Å². The highest BCUT2D eigenvalue weighted by Gasteiger charge is 2.32.